The van der Waals surface area contributed by atoms with Gasteiger partial charge in [0.1, 0.15) is 0 Å². The molecule has 0 aromatic rings. The Kier molecular flexibility index (Phi) is 31.3. The van der Waals surface area contributed by atoms with E-state index in [1.807, 2.05) is 0 Å². The van der Waals surface area contributed by atoms with Gasteiger partial charge in [-0.1, -0.05) is 18.2 Å². The van der Waals surface area contributed by atoms with Crippen LogP contribution in [0.5, 0.6) is 0 Å². The van der Waals surface area contributed by atoms with Crippen LogP contribution in [-0.2, 0) is 35.0 Å². The maximum absolute atomic E-state index is 7.50. The summed E-state index contributed by atoms with van der Waals surface area (Å²) in [6.07, 6.45) is 16.1. The largest absolute Gasteiger partial charge is 2.00 e. The van der Waals surface area contributed by atoms with E-state index >= 15 is 0 Å². The van der Waals surface area contributed by atoms with Gasteiger partial charge in [0.15, 0.2) is 0 Å². The van der Waals surface area contributed by atoms with Gasteiger partial charge >= 0.3 is 55.0 Å². The monoisotopic (exact) mass is 412 g/mol. The minimum atomic E-state index is 0. The van der Waals surface area contributed by atoms with E-state index in [0.29, 0.717) is 0 Å². The molecular weight excluding hydrogens is 400 g/mol. The second kappa shape index (κ2) is 21.7. The summed E-state index contributed by atoms with van der Waals surface area (Å²) >= 11 is 0. The van der Waals surface area contributed by atoms with Gasteiger partial charge in [-0.25, -0.2) is 0 Å². The average molecular weight is 412 g/mol. The molecule has 0 heterocycles. The van der Waals surface area contributed by atoms with Crippen LogP contribution in [0.25, 0.3) is 0 Å². The first kappa shape index (κ1) is 26.1. The molecule has 0 bridgehead atoms. The molecule has 4 heteroatoms. The molecule has 91 valence electrons. The van der Waals surface area contributed by atoms with E-state index in [1.165, 1.54) is 11.5 Å². The molecule has 0 spiro atoms. The summed E-state index contributed by atoms with van der Waals surface area (Å²) in [5.41, 5.74) is 1.37. The zero-order chi connectivity index (χ0) is 12.8. The molecule has 0 atom stereocenters. The van der Waals surface area contributed by atoms with Crippen LogP contribution in [0.15, 0.2) is 23.8 Å². The fourth-order valence-electron chi connectivity index (χ4n) is 1.24. The molecule has 0 saturated heterocycles. The van der Waals surface area contributed by atoms with Crippen LogP contribution in [0.3, 0.4) is 0 Å². The summed E-state index contributed by atoms with van der Waals surface area (Å²) in [6, 6.07) is 0. The van der Waals surface area contributed by atoms with E-state index < -0.39 is 0 Å². The van der Waals surface area contributed by atoms with Gasteiger partial charge < -0.3 is 7.43 Å². The predicted octanol–water partition coefficient (Wildman–Crippen LogP) is 2.61. The van der Waals surface area contributed by atoms with Gasteiger partial charge in [-0.3, -0.25) is 0 Å². The molecule has 2 rings (SSSR count). The zero-order valence-electron chi connectivity index (χ0n) is 9.88. The third-order valence-corrected chi connectivity index (χ3v) is 1.77. The Morgan fingerprint density at radius 2 is 1.33 bits per heavy atom. The Bertz CT molecular complexity index is 267. The van der Waals surface area contributed by atoms with Crippen LogP contribution in [0.2, 0.25) is 0 Å². The van der Waals surface area contributed by atoms with Gasteiger partial charge in [0.25, 0.3) is 0 Å². The van der Waals surface area contributed by atoms with Crippen molar-refractivity contribution in [2.75, 3.05) is 0 Å². The van der Waals surface area contributed by atoms with Gasteiger partial charge in [0, 0.05) is 5.92 Å². The van der Waals surface area contributed by atoms with Crippen molar-refractivity contribution in [1.29, 1.82) is 0 Å². The fourth-order valence-corrected chi connectivity index (χ4v) is 1.24. The van der Waals surface area contributed by atoms with E-state index in [-0.39, 0.29) is 28.5 Å². The van der Waals surface area contributed by atoms with Crippen molar-refractivity contribution in [2.24, 2.45) is 0 Å². The van der Waals surface area contributed by atoms with Crippen molar-refractivity contribution in [3.63, 3.8) is 0 Å². The van der Waals surface area contributed by atoms with Crippen LogP contribution >= 0.6 is 0 Å². The van der Waals surface area contributed by atoms with Crippen molar-refractivity contribution in [3.8, 4) is 0 Å². The van der Waals surface area contributed by atoms with E-state index in [1.54, 1.807) is 0 Å². The van der Waals surface area contributed by atoms with Crippen molar-refractivity contribution >= 4 is 0 Å². The van der Waals surface area contributed by atoms with Crippen LogP contribution in [0.1, 0.15) is 6.42 Å². The molecule has 5 radical (unpaired) electrons. The minimum absolute atomic E-state index is 0. The van der Waals surface area contributed by atoms with Crippen LogP contribution in [0.4, 0.5) is 0 Å². The van der Waals surface area contributed by atoms with Crippen LogP contribution in [-0.4, -0.2) is 0 Å². The molecule has 18 heavy (non-hydrogen) atoms. The first-order chi connectivity index (χ1) is 7.97. The molecule has 1 saturated carbocycles. The van der Waals surface area contributed by atoms with Crippen molar-refractivity contribution in [1.82, 2.24) is 0 Å². The fraction of sp³-hybridized carbons (Fsp3) is 0.0714. The smallest absolute Gasteiger partial charge is 0.358 e. The topological polar surface area (TPSA) is 59.7 Å². The molecule has 0 N–H and O–H groups in total. The SMILES string of the molecule is [C-]#[O+].[C-]#[O+].[C-]#[O+].[CH3-].[CH]1[CH][CH][C](C2=CCC=C2)[CH]1.[W+2]. The summed E-state index contributed by atoms with van der Waals surface area (Å²) in [6.45, 7) is 13.5. The average Bonchev–Trinajstić information content (AvgIpc) is 3.09. The van der Waals surface area contributed by atoms with Gasteiger partial charge in [-0.05, 0) is 37.7 Å². The number of hydrogen-bond donors (Lipinski definition) is 0. The van der Waals surface area contributed by atoms with E-state index in [4.69, 9.17) is 14.0 Å². The summed E-state index contributed by atoms with van der Waals surface area (Å²) in [7, 11) is 0. The van der Waals surface area contributed by atoms with Gasteiger partial charge in [0.05, 0.1) is 0 Å². The Morgan fingerprint density at radius 3 is 1.67 bits per heavy atom. The first-order valence-corrected chi connectivity index (χ1v) is 4.17. The maximum Gasteiger partial charge on any atom is 2.00 e. The van der Waals surface area contributed by atoms with Gasteiger partial charge in [-0.2, -0.15) is 0 Å². The number of rotatable bonds is 1. The quantitative estimate of drug-likeness (QED) is 0.470. The Morgan fingerprint density at radius 1 is 0.889 bits per heavy atom. The summed E-state index contributed by atoms with van der Waals surface area (Å²) in [5.74, 6) is 1.34. The molecule has 3 nitrogen and oxygen atoms in total. The van der Waals surface area contributed by atoms with Gasteiger partial charge in [-0.15, -0.1) is 0 Å². The van der Waals surface area contributed by atoms with Crippen LogP contribution < -0.4 is 0 Å². The Hall–Kier alpha value is -0.612. The maximum atomic E-state index is 7.50. The molecule has 0 amide bonds. The number of hydrogen-bond acceptors (Lipinski definition) is 0. The summed E-state index contributed by atoms with van der Waals surface area (Å²) < 4.78 is 22.5. The molecule has 0 aromatic carbocycles. The van der Waals surface area contributed by atoms with E-state index in [2.05, 4.69) is 63.9 Å². The Labute approximate surface area is 124 Å². The zero-order valence-corrected chi connectivity index (χ0v) is 12.8. The summed E-state index contributed by atoms with van der Waals surface area (Å²) in [4.78, 5) is 0. The molecule has 1 fully saturated rings. The molecule has 2 aliphatic rings. The second-order valence-electron chi connectivity index (χ2n) is 2.47. The molecule has 0 aliphatic heterocycles. The normalized spacial score (nSPS) is 14.7. The van der Waals surface area contributed by atoms with Crippen LogP contribution in [0, 0.1) is 59.0 Å². The molecular formula is C14H12O3W+. The van der Waals surface area contributed by atoms with E-state index in [0.717, 1.165) is 6.42 Å². The third-order valence-electron chi connectivity index (χ3n) is 1.77. The Balaban J connectivity index is -0.000000109. The minimum Gasteiger partial charge on any atom is -0.358 e. The summed E-state index contributed by atoms with van der Waals surface area (Å²) in [5, 5.41) is 0. The van der Waals surface area contributed by atoms with Crippen molar-refractivity contribution < 1.29 is 35.0 Å². The molecule has 0 unspecified atom stereocenters. The van der Waals surface area contributed by atoms with Gasteiger partial charge in [0.2, 0.25) is 0 Å². The number of allylic oxidation sites excluding steroid dienone is 4. The third kappa shape index (κ3) is 10.5. The standard InChI is InChI=1S/C10H9.3CO.CH3.W/c1-2-6-9(5-1)10-7-3-4-8-10;3*1-2;;/h1-3,5-8H,4H2;;;;1H3;/q;;;;-1;+2. The predicted molar refractivity (Wildman–Crippen MR) is 60.5 cm³/mol. The first-order valence-electron chi connectivity index (χ1n) is 4.17. The van der Waals surface area contributed by atoms with Crippen molar-refractivity contribution in [3.05, 3.63) is 82.8 Å². The molecule has 0 aromatic heterocycles. The molecule has 2 aliphatic carbocycles. The van der Waals surface area contributed by atoms with Crippen molar-refractivity contribution in [2.45, 2.75) is 6.42 Å². The van der Waals surface area contributed by atoms with E-state index in [9.17, 15) is 0 Å². The second-order valence-corrected chi connectivity index (χ2v) is 2.47.